The number of fused-ring (bicyclic) bond motifs is 1. The first-order valence-corrected chi connectivity index (χ1v) is 7.55. The van der Waals surface area contributed by atoms with Crippen LogP contribution in [0.3, 0.4) is 0 Å². The zero-order chi connectivity index (χ0) is 14.5. The molecule has 2 atom stereocenters. The van der Waals surface area contributed by atoms with E-state index in [4.69, 9.17) is 4.42 Å². The molecule has 5 nitrogen and oxygen atoms in total. The van der Waals surface area contributed by atoms with Gasteiger partial charge in [0.1, 0.15) is 6.04 Å². The Morgan fingerprint density at radius 1 is 1.60 bits per heavy atom. The van der Waals surface area contributed by atoms with Crippen molar-refractivity contribution >= 4 is 5.91 Å². The van der Waals surface area contributed by atoms with Crippen molar-refractivity contribution in [1.82, 2.24) is 15.2 Å². The summed E-state index contributed by atoms with van der Waals surface area (Å²) in [4.78, 5) is 18.8. The predicted molar refractivity (Wildman–Crippen MR) is 77.3 cm³/mol. The number of oxazole rings is 1. The summed E-state index contributed by atoms with van der Waals surface area (Å²) in [5, 5.41) is 3.06. The largest absolute Gasteiger partial charge is 0.446 e. The molecule has 1 amide bonds. The number of nitrogens with one attached hydrogen (secondary N) is 1. The smallest absolute Gasteiger partial charge is 0.247 e. The quantitative estimate of drug-likeness (QED) is 0.867. The van der Waals surface area contributed by atoms with Crippen LogP contribution in [0, 0.1) is 5.92 Å². The monoisotopic (exact) mass is 279 g/mol. The molecule has 1 aromatic rings. The van der Waals surface area contributed by atoms with Gasteiger partial charge >= 0.3 is 0 Å². The lowest BCUT2D eigenvalue weighted by atomic mass is 10.0. The van der Waals surface area contributed by atoms with E-state index >= 15 is 0 Å². The van der Waals surface area contributed by atoms with Gasteiger partial charge in [0.2, 0.25) is 5.91 Å². The van der Waals surface area contributed by atoms with Gasteiger partial charge in [-0.2, -0.15) is 0 Å². The minimum absolute atomic E-state index is 0.103. The molecule has 1 aromatic heterocycles. The Morgan fingerprint density at radius 2 is 2.40 bits per heavy atom. The van der Waals surface area contributed by atoms with Gasteiger partial charge < -0.3 is 14.6 Å². The molecular formula is C15H25N3O2. The van der Waals surface area contributed by atoms with E-state index < -0.39 is 6.04 Å². The minimum Gasteiger partial charge on any atom is -0.446 e. The summed E-state index contributed by atoms with van der Waals surface area (Å²) in [6.45, 7) is 5.97. The molecule has 1 aliphatic rings. The van der Waals surface area contributed by atoms with E-state index in [2.05, 4.69) is 24.1 Å². The molecule has 0 saturated heterocycles. The number of amides is 1. The van der Waals surface area contributed by atoms with Crippen molar-refractivity contribution in [3.8, 4) is 0 Å². The Labute approximate surface area is 120 Å². The molecule has 2 unspecified atom stereocenters. The van der Waals surface area contributed by atoms with Crippen LogP contribution < -0.4 is 5.32 Å². The Hall–Kier alpha value is -1.36. The van der Waals surface area contributed by atoms with Crippen LogP contribution >= 0.6 is 0 Å². The maximum absolute atomic E-state index is 12.6. The van der Waals surface area contributed by atoms with Gasteiger partial charge in [0.05, 0.1) is 5.69 Å². The average Bonchev–Trinajstić information content (AvgIpc) is 2.85. The third-order valence-electron chi connectivity index (χ3n) is 3.98. The van der Waals surface area contributed by atoms with E-state index in [1.165, 1.54) is 25.7 Å². The molecule has 0 radical (unpaired) electrons. The molecule has 0 fully saturated rings. The Kier molecular flexibility index (Phi) is 5.17. The third-order valence-corrected chi connectivity index (χ3v) is 3.98. The van der Waals surface area contributed by atoms with Gasteiger partial charge in [-0.05, 0) is 19.4 Å². The number of hydrogen-bond acceptors (Lipinski definition) is 4. The molecule has 0 spiro atoms. The molecule has 0 saturated carbocycles. The number of aromatic nitrogens is 1. The zero-order valence-electron chi connectivity index (χ0n) is 12.7. The van der Waals surface area contributed by atoms with Crippen LogP contribution in [0.4, 0.5) is 0 Å². The summed E-state index contributed by atoms with van der Waals surface area (Å²) in [7, 11) is 1.79. The van der Waals surface area contributed by atoms with E-state index in [1.54, 1.807) is 7.05 Å². The second-order valence-corrected chi connectivity index (χ2v) is 5.67. The van der Waals surface area contributed by atoms with Crippen LogP contribution in [-0.4, -0.2) is 35.9 Å². The highest BCUT2D eigenvalue weighted by molar-refractivity contribution is 5.83. The van der Waals surface area contributed by atoms with E-state index in [9.17, 15) is 4.79 Å². The Balaban J connectivity index is 2.06. The van der Waals surface area contributed by atoms with Crippen molar-refractivity contribution in [3.05, 3.63) is 17.8 Å². The number of likely N-dealkylation sites (N-methyl/N-ethyl adjacent to an activating group) is 1. The molecule has 1 aliphatic heterocycles. The van der Waals surface area contributed by atoms with Crippen molar-refractivity contribution in [3.63, 3.8) is 0 Å². The number of hydrogen-bond donors (Lipinski definition) is 1. The predicted octanol–water partition coefficient (Wildman–Crippen LogP) is 2.15. The molecule has 112 valence electrons. The molecule has 0 aliphatic carbocycles. The number of carbonyl (C=O) groups excluding carboxylic acids is 1. The van der Waals surface area contributed by atoms with Crippen molar-refractivity contribution in [2.75, 3.05) is 20.1 Å². The molecule has 2 heterocycles. The van der Waals surface area contributed by atoms with Gasteiger partial charge in [0.15, 0.2) is 12.2 Å². The van der Waals surface area contributed by atoms with Gasteiger partial charge in [-0.1, -0.05) is 26.7 Å². The fourth-order valence-electron chi connectivity index (χ4n) is 2.80. The van der Waals surface area contributed by atoms with Gasteiger partial charge in [0, 0.05) is 19.5 Å². The van der Waals surface area contributed by atoms with Crippen LogP contribution in [0.1, 0.15) is 50.6 Å². The van der Waals surface area contributed by atoms with Crippen LogP contribution in [0.2, 0.25) is 0 Å². The summed E-state index contributed by atoms with van der Waals surface area (Å²) < 4.78 is 5.41. The number of unbranched alkanes of at least 4 members (excludes halogenated alkanes) is 1. The first kappa shape index (κ1) is 15.0. The van der Waals surface area contributed by atoms with Crippen LogP contribution in [-0.2, 0) is 11.2 Å². The zero-order valence-corrected chi connectivity index (χ0v) is 12.7. The van der Waals surface area contributed by atoms with Gasteiger partial charge in [-0.15, -0.1) is 0 Å². The first-order chi connectivity index (χ1) is 9.67. The number of rotatable bonds is 6. The van der Waals surface area contributed by atoms with Crippen molar-refractivity contribution in [1.29, 1.82) is 0 Å². The van der Waals surface area contributed by atoms with Gasteiger partial charge in [-0.25, -0.2) is 4.98 Å². The van der Waals surface area contributed by atoms with E-state index in [1.807, 2.05) is 4.90 Å². The molecule has 0 bridgehead atoms. The van der Waals surface area contributed by atoms with Gasteiger partial charge in [0.25, 0.3) is 0 Å². The second-order valence-electron chi connectivity index (χ2n) is 5.67. The Bertz CT molecular complexity index is 444. The van der Waals surface area contributed by atoms with Crippen molar-refractivity contribution in [2.45, 2.75) is 45.6 Å². The summed E-state index contributed by atoms with van der Waals surface area (Å²) in [5.74, 6) is 1.32. The third kappa shape index (κ3) is 3.20. The summed E-state index contributed by atoms with van der Waals surface area (Å²) in [5.41, 5.74) is 0.904. The molecule has 0 aromatic carbocycles. The lowest BCUT2D eigenvalue weighted by molar-refractivity contribution is -0.134. The molecule has 5 heteroatoms. The van der Waals surface area contributed by atoms with Crippen LogP contribution in [0.5, 0.6) is 0 Å². The van der Waals surface area contributed by atoms with Gasteiger partial charge in [-0.3, -0.25) is 4.79 Å². The fraction of sp³-hybridized carbons (Fsp3) is 0.733. The highest BCUT2D eigenvalue weighted by atomic mass is 16.3. The second kappa shape index (κ2) is 6.88. The topological polar surface area (TPSA) is 58.4 Å². The Morgan fingerprint density at radius 3 is 3.10 bits per heavy atom. The number of carbonyl (C=O) groups is 1. The summed E-state index contributed by atoms with van der Waals surface area (Å²) in [6.07, 6.45) is 5.81. The number of nitrogens with zero attached hydrogens (tertiary/aromatic N) is 2. The van der Waals surface area contributed by atoms with E-state index in [0.717, 1.165) is 25.2 Å². The molecule has 2 rings (SSSR count). The molecule has 1 N–H and O–H groups in total. The highest BCUT2D eigenvalue weighted by Crippen LogP contribution is 2.24. The van der Waals surface area contributed by atoms with Crippen molar-refractivity contribution in [2.24, 2.45) is 5.92 Å². The minimum atomic E-state index is -0.395. The maximum Gasteiger partial charge on any atom is 0.247 e. The SMILES string of the molecule is CCCCC(C)CN1CCc2ncoc2C(NC)C1=O. The van der Waals surface area contributed by atoms with Crippen LogP contribution in [0.25, 0.3) is 0 Å². The average molecular weight is 279 g/mol. The normalized spacial score (nSPS) is 20.6. The summed E-state index contributed by atoms with van der Waals surface area (Å²) in [6, 6.07) is -0.395. The lowest BCUT2D eigenvalue weighted by Crippen LogP contribution is -2.41. The van der Waals surface area contributed by atoms with E-state index in [0.29, 0.717) is 11.7 Å². The molecule has 20 heavy (non-hydrogen) atoms. The first-order valence-electron chi connectivity index (χ1n) is 7.55. The fourth-order valence-corrected chi connectivity index (χ4v) is 2.80. The van der Waals surface area contributed by atoms with E-state index in [-0.39, 0.29) is 5.91 Å². The maximum atomic E-state index is 12.6. The lowest BCUT2D eigenvalue weighted by Gasteiger charge is -2.26. The highest BCUT2D eigenvalue weighted by Gasteiger charge is 2.33. The standard InChI is InChI=1S/C15H25N3O2/c1-4-5-6-11(2)9-18-8-7-12-14(20-10-17-12)13(16-3)15(18)19/h10-11,13,16H,4-9H2,1-3H3. The molecular weight excluding hydrogens is 254 g/mol. The summed E-state index contributed by atoms with van der Waals surface area (Å²) >= 11 is 0. The van der Waals surface area contributed by atoms with Crippen LogP contribution in [0.15, 0.2) is 10.8 Å². The van der Waals surface area contributed by atoms with Crippen molar-refractivity contribution < 1.29 is 9.21 Å².